The van der Waals surface area contributed by atoms with Crippen molar-refractivity contribution in [3.63, 3.8) is 0 Å². The van der Waals surface area contributed by atoms with Gasteiger partial charge in [0.2, 0.25) is 15.9 Å². The molecule has 0 saturated carbocycles. The van der Waals surface area contributed by atoms with Crippen LogP contribution in [0.4, 0.5) is 10.1 Å². The third-order valence-corrected chi connectivity index (χ3v) is 6.79. The lowest BCUT2D eigenvalue weighted by molar-refractivity contribution is -0.117. The summed E-state index contributed by atoms with van der Waals surface area (Å²) in [6, 6.07) is 9.71. The van der Waals surface area contributed by atoms with Crippen LogP contribution in [-0.2, 0) is 14.8 Å². The summed E-state index contributed by atoms with van der Waals surface area (Å²) >= 11 is 11.9. The number of rotatable bonds is 5. The second-order valence-electron chi connectivity index (χ2n) is 6.31. The van der Waals surface area contributed by atoms with Gasteiger partial charge < -0.3 is 5.32 Å². The van der Waals surface area contributed by atoms with Crippen LogP contribution in [0.1, 0.15) is 0 Å². The first kappa shape index (κ1) is 21.0. The topological polar surface area (TPSA) is 69.7 Å². The Kier molecular flexibility index (Phi) is 6.57. The van der Waals surface area contributed by atoms with Crippen molar-refractivity contribution in [2.75, 3.05) is 38.0 Å². The minimum atomic E-state index is -3.76. The lowest BCUT2D eigenvalue weighted by Gasteiger charge is -2.33. The number of carbonyl (C=O) groups excluding carboxylic acids is 1. The Balaban J connectivity index is 1.56. The van der Waals surface area contributed by atoms with Gasteiger partial charge in [0.15, 0.2) is 0 Å². The number of sulfonamides is 1. The van der Waals surface area contributed by atoms with E-state index in [0.29, 0.717) is 28.8 Å². The summed E-state index contributed by atoms with van der Waals surface area (Å²) in [6.07, 6.45) is 0. The molecule has 1 heterocycles. The largest absolute Gasteiger partial charge is 0.324 e. The average molecular weight is 446 g/mol. The van der Waals surface area contributed by atoms with Gasteiger partial charge in [-0.15, -0.1) is 0 Å². The maximum Gasteiger partial charge on any atom is 0.243 e. The smallest absolute Gasteiger partial charge is 0.243 e. The molecule has 0 radical (unpaired) electrons. The molecular formula is C18H18Cl2FN3O3S. The van der Waals surface area contributed by atoms with Crippen LogP contribution in [0.2, 0.25) is 10.0 Å². The fourth-order valence-electron chi connectivity index (χ4n) is 2.89. The number of hydrogen-bond acceptors (Lipinski definition) is 4. The zero-order valence-corrected chi connectivity index (χ0v) is 17.1. The summed E-state index contributed by atoms with van der Waals surface area (Å²) in [5, 5.41) is 3.53. The van der Waals surface area contributed by atoms with E-state index in [4.69, 9.17) is 23.2 Å². The quantitative estimate of drug-likeness (QED) is 0.767. The highest BCUT2D eigenvalue weighted by atomic mass is 35.5. The second-order valence-corrected chi connectivity index (χ2v) is 9.09. The van der Waals surface area contributed by atoms with Crippen LogP contribution in [0.15, 0.2) is 47.4 Å². The van der Waals surface area contributed by atoms with Gasteiger partial charge in [-0.05, 0) is 36.4 Å². The zero-order chi connectivity index (χ0) is 20.3. The van der Waals surface area contributed by atoms with Crippen LogP contribution in [0.25, 0.3) is 0 Å². The number of nitrogens with one attached hydrogen (secondary N) is 1. The molecule has 0 bridgehead atoms. The Morgan fingerprint density at radius 3 is 2.46 bits per heavy atom. The highest BCUT2D eigenvalue weighted by Gasteiger charge is 2.29. The number of amides is 1. The molecule has 0 aromatic heterocycles. The molecule has 0 aliphatic carbocycles. The summed E-state index contributed by atoms with van der Waals surface area (Å²) in [4.78, 5) is 14.0. The van der Waals surface area contributed by atoms with E-state index >= 15 is 0 Å². The molecule has 1 aliphatic rings. The van der Waals surface area contributed by atoms with Crippen molar-refractivity contribution >= 4 is 44.8 Å². The molecule has 1 aliphatic heterocycles. The SMILES string of the molecule is O=C(CN1CCN(S(=O)(=O)c2cccc(F)c2)CC1)Nc1cc(Cl)ccc1Cl. The van der Waals surface area contributed by atoms with Crippen molar-refractivity contribution < 1.29 is 17.6 Å². The van der Waals surface area contributed by atoms with Crippen molar-refractivity contribution in [2.24, 2.45) is 0 Å². The van der Waals surface area contributed by atoms with Gasteiger partial charge in [0.1, 0.15) is 5.82 Å². The van der Waals surface area contributed by atoms with Crippen LogP contribution < -0.4 is 5.32 Å². The summed E-state index contributed by atoms with van der Waals surface area (Å²) in [6.45, 7) is 1.28. The number of benzene rings is 2. The summed E-state index contributed by atoms with van der Waals surface area (Å²) in [7, 11) is -3.76. The maximum atomic E-state index is 13.3. The van der Waals surface area contributed by atoms with Gasteiger partial charge in [-0.3, -0.25) is 9.69 Å². The van der Waals surface area contributed by atoms with Crippen molar-refractivity contribution in [3.8, 4) is 0 Å². The van der Waals surface area contributed by atoms with E-state index in [-0.39, 0.29) is 30.4 Å². The van der Waals surface area contributed by atoms with Crippen molar-refractivity contribution in [1.82, 2.24) is 9.21 Å². The minimum absolute atomic E-state index is 0.0747. The molecule has 6 nitrogen and oxygen atoms in total. The van der Waals surface area contributed by atoms with E-state index in [1.807, 2.05) is 4.90 Å². The van der Waals surface area contributed by atoms with Gasteiger partial charge in [-0.25, -0.2) is 12.8 Å². The Morgan fingerprint density at radius 2 is 1.79 bits per heavy atom. The third kappa shape index (κ3) is 5.01. The normalized spacial score (nSPS) is 16.1. The first-order chi connectivity index (χ1) is 13.3. The van der Waals surface area contributed by atoms with Gasteiger partial charge in [-0.1, -0.05) is 29.3 Å². The van der Waals surface area contributed by atoms with E-state index < -0.39 is 15.8 Å². The molecule has 3 rings (SSSR count). The molecule has 1 saturated heterocycles. The molecular weight excluding hydrogens is 428 g/mol. The van der Waals surface area contributed by atoms with Gasteiger partial charge >= 0.3 is 0 Å². The molecule has 0 atom stereocenters. The number of hydrogen-bond donors (Lipinski definition) is 1. The van der Waals surface area contributed by atoms with E-state index in [2.05, 4.69) is 5.32 Å². The number of anilines is 1. The van der Waals surface area contributed by atoms with Crippen LogP contribution in [0.3, 0.4) is 0 Å². The predicted octanol–water partition coefficient (Wildman–Crippen LogP) is 3.08. The summed E-state index contributed by atoms with van der Waals surface area (Å²) in [5.74, 6) is -0.873. The van der Waals surface area contributed by atoms with Crippen molar-refractivity contribution in [2.45, 2.75) is 4.90 Å². The van der Waals surface area contributed by atoms with Crippen molar-refractivity contribution in [1.29, 1.82) is 0 Å². The monoisotopic (exact) mass is 445 g/mol. The van der Waals surface area contributed by atoms with Crippen LogP contribution >= 0.6 is 23.2 Å². The Hall–Kier alpha value is -1.71. The van der Waals surface area contributed by atoms with Crippen LogP contribution in [0, 0.1) is 5.82 Å². The standard InChI is InChI=1S/C18H18Cl2FN3O3S/c19-13-4-5-16(20)17(10-13)22-18(25)12-23-6-8-24(9-7-23)28(26,27)15-3-1-2-14(21)11-15/h1-5,10-11H,6-9,12H2,(H,22,25). The molecule has 28 heavy (non-hydrogen) atoms. The summed E-state index contributed by atoms with van der Waals surface area (Å²) < 4.78 is 39.9. The maximum absolute atomic E-state index is 13.3. The molecule has 2 aromatic carbocycles. The second kappa shape index (κ2) is 8.75. The molecule has 1 amide bonds. The van der Waals surface area contributed by atoms with E-state index in [1.54, 1.807) is 18.2 Å². The molecule has 0 unspecified atom stereocenters. The molecule has 10 heteroatoms. The van der Waals surface area contributed by atoms with Gasteiger partial charge in [0.05, 0.1) is 22.2 Å². The van der Waals surface area contributed by atoms with Crippen molar-refractivity contribution in [3.05, 3.63) is 58.3 Å². The molecule has 2 aromatic rings. The lowest BCUT2D eigenvalue weighted by Crippen LogP contribution is -2.50. The first-order valence-corrected chi connectivity index (χ1v) is 10.7. The Labute approximate surface area is 172 Å². The highest BCUT2D eigenvalue weighted by molar-refractivity contribution is 7.89. The van der Waals surface area contributed by atoms with Gasteiger partial charge in [-0.2, -0.15) is 4.31 Å². The lowest BCUT2D eigenvalue weighted by atomic mass is 10.3. The molecule has 1 N–H and O–H groups in total. The van der Waals surface area contributed by atoms with Crippen LogP contribution in [-0.4, -0.2) is 56.3 Å². The Morgan fingerprint density at radius 1 is 1.07 bits per heavy atom. The number of nitrogens with zero attached hydrogens (tertiary/aromatic N) is 2. The predicted molar refractivity (Wildman–Crippen MR) is 107 cm³/mol. The van der Waals surface area contributed by atoms with Gasteiger partial charge in [0.25, 0.3) is 0 Å². The molecule has 150 valence electrons. The minimum Gasteiger partial charge on any atom is -0.324 e. The van der Waals surface area contributed by atoms with Crippen LogP contribution in [0.5, 0.6) is 0 Å². The van der Waals surface area contributed by atoms with E-state index in [0.717, 1.165) is 6.07 Å². The number of carbonyl (C=O) groups is 1. The highest BCUT2D eigenvalue weighted by Crippen LogP contribution is 2.25. The summed E-state index contributed by atoms with van der Waals surface area (Å²) in [5.41, 5.74) is 0.423. The number of piperazine rings is 1. The number of halogens is 3. The fourth-order valence-corrected chi connectivity index (χ4v) is 4.68. The Bertz CT molecular complexity index is 980. The third-order valence-electron chi connectivity index (χ3n) is 4.33. The first-order valence-electron chi connectivity index (χ1n) is 8.49. The molecule has 0 spiro atoms. The fraction of sp³-hybridized carbons (Fsp3) is 0.278. The average Bonchev–Trinajstić information content (AvgIpc) is 2.65. The molecule has 1 fully saturated rings. The van der Waals surface area contributed by atoms with E-state index in [1.165, 1.54) is 22.5 Å². The zero-order valence-electron chi connectivity index (χ0n) is 14.7. The van der Waals surface area contributed by atoms with Gasteiger partial charge in [0, 0.05) is 31.2 Å². The van der Waals surface area contributed by atoms with E-state index in [9.17, 15) is 17.6 Å².